The van der Waals surface area contributed by atoms with Gasteiger partial charge in [-0.25, -0.2) is 13.4 Å². The zero-order chi connectivity index (χ0) is 17.2. The first-order valence-electron chi connectivity index (χ1n) is 7.57. The number of aliphatic hydroxyl groups excluding tert-OH is 1. The van der Waals surface area contributed by atoms with Gasteiger partial charge in [-0.15, -0.1) is 0 Å². The highest BCUT2D eigenvalue weighted by atomic mass is 32.2. The Morgan fingerprint density at radius 2 is 1.78 bits per heavy atom. The number of aliphatic hydroxyl groups is 1. The molecule has 1 unspecified atom stereocenters. The van der Waals surface area contributed by atoms with Crippen molar-refractivity contribution in [3.63, 3.8) is 0 Å². The molecular weight excluding hydrogens is 314 g/mol. The largest absolute Gasteiger partial charge is 0.448 e. The second-order valence-electron chi connectivity index (χ2n) is 6.31. The maximum absolute atomic E-state index is 12.4. The van der Waals surface area contributed by atoms with Gasteiger partial charge in [0.15, 0.2) is 16.2 Å². The summed E-state index contributed by atoms with van der Waals surface area (Å²) in [6.07, 6.45) is 0.216. The van der Waals surface area contributed by atoms with Gasteiger partial charge in [-0.05, 0) is 19.4 Å². The summed E-state index contributed by atoms with van der Waals surface area (Å²) in [6.45, 7) is 7.67. The van der Waals surface area contributed by atoms with Crippen LogP contribution in [0.25, 0.3) is 0 Å². The van der Waals surface area contributed by atoms with Crippen LogP contribution in [0.4, 0.5) is 0 Å². The molecular formula is C17H23NO4S. The quantitative estimate of drug-likeness (QED) is 0.876. The Bertz CT molecular complexity index is 757. The molecule has 0 bridgehead atoms. The van der Waals surface area contributed by atoms with Gasteiger partial charge in [0.1, 0.15) is 5.76 Å². The first-order chi connectivity index (χ1) is 10.7. The Labute approximate surface area is 137 Å². The van der Waals surface area contributed by atoms with Crippen molar-refractivity contribution in [3.05, 3.63) is 52.7 Å². The summed E-state index contributed by atoms with van der Waals surface area (Å²) in [5.41, 5.74) is 3.04. The third-order valence-electron chi connectivity index (χ3n) is 3.59. The van der Waals surface area contributed by atoms with E-state index in [4.69, 9.17) is 4.42 Å². The van der Waals surface area contributed by atoms with E-state index in [1.807, 2.05) is 45.9 Å². The molecule has 2 rings (SSSR count). The molecule has 23 heavy (non-hydrogen) atoms. The van der Waals surface area contributed by atoms with Gasteiger partial charge in [-0.2, -0.15) is 0 Å². The highest BCUT2D eigenvalue weighted by Crippen LogP contribution is 2.23. The molecule has 1 aromatic carbocycles. The summed E-state index contributed by atoms with van der Waals surface area (Å²) in [7, 11) is -3.51. The highest BCUT2D eigenvalue weighted by molar-refractivity contribution is 7.90. The summed E-state index contributed by atoms with van der Waals surface area (Å²) >= 11 is 0. The number of hydrogen-bond acceptors (Lipinski definition) is 5. The maximum atomic E-state index is 12.4. The third-order valence-corrected chi connectivity index (χ3v) is 5.13. The molecule has 0 aliphatic heterocycles. The van der Waals surface area contributed by atoms with Crippen molar-refractivity contribution in [1.29, 1.82) is 0 Å². The van der Waals surface area contributed by atoms with Crippen LogP contribution in [-0.4, -0.2) is 24.3 Å². The minimum absolute atomic E-state index is 0.0621. The molecule has 1 N–H and O–H groups in total. The van der Waals surface area contributed by atoms with Gasteiger partial charge in [0, 0.05) is 5.92 Å². The van der Waals surface area contributed by atoms with E-state index in [0.717, 1.165) is 11.1 Å². The average molecular weight is 337 g/mol. The van der Waals surface area contributed by atoms with Crippen LogP contribution in [-0.2, 0) is 15.6 Å². The molecule has 0 saturated heterocycles. The molecule has 5 nitrogen and oxygen atoms in total. The van der Waals surface area contributed by atoms with E-state index < -0.39 is 15.9 Å². The fraction of sp³-hybridized carbons (Fsp3) is 0.471. The van der Waals surface area contributed by atoms with Crippen molar-refractivity contribution in [2.24, 2.45) is 0 Å². The van der Waals surface area contributed by atoms with Crippen molar-refractivity contribution in [3.8, 4) is 0 Å². The lowest BCUT2D eigenvalue weighted by Crippen LogP contribution is -2.17. The maximum Gasteiger partial charge on any atom is 0.181 e. The number of rotatable bonds is 6. The topological polar surface area (TPSA) is 80.4 Å². The van der Waals surface area contributed by atoms with Crippen LogP contribution in [0.5, 0.6) is 0 Å². The van der Waals surface area contributed by atoms with Gasteiger partial charge in [-0.3, -0.25) is 0 Å². The van der Waals surface area contributed by atoms with Gasteiger partial charge < -0.3 is 9.52 Å². The minimum Gasteiger partial charge on any atom is -0.448 e. The Morgan fingerprint density at radius 1 is 1.17 bits per heavy atom. The molecule has 0 spiro atoms. The number of hydrogen-bond donors (Lipinski definition) is 1. The monoisotopic (exact) mass is 337 g/mol. The van der Waals surface area contributed by atoms with Crippen LogP contribution in [0.3, 0.4) is 0 Å². The summed E-state index contributed by atoms with van der Waals surface area (Å²) < 4.78 is 30.0. The summed E-state index contributed by atoms with van der Waals surface area (Å²) in [5, 5.41) is 10.3. The van der Waals surface area contributed by atoms with E-state index in [-0.39, 0.29) is 17.4 Å². The standard InChI is InChI=1S/C17H23NO4S/c1-11(2)17-15(18-10-22-17)8-23(20,21)9-16(19)14-6-12(3)5-13(4)7-14/h5-7,10-11,16,19H,8-9H2,1-4H3. The molecule has 0 saturated carbocycles. The highest BCUT2D eigenvalue weighted by Gasteiger charge is 2.23. The number of oxazole rings is 1. The summed E-state index contributed by atoms with van der Waals surface area (Å²) in [5.74, 6) is 0.0839. The molecule has 0 radical (unpaired) electrons. The van der Waals surface area contributed by atoms with Crippen molar-refractivity contribution < 1.29 is 17.9 Å². The van der Waals surface area contributed by atoms with Crippen LogP contribution >= 0.6 is 0 Å². The molecule has 2 aromatic rings. The number of aromatic nitrogens is 1. The number of aryl methyl sites for hydroxylation is 2. The van der Waals surface area contributed by atoms with Gasteiger partial charge in [0.25, 0.3) is 0 Å². The first kappa shape index (κ1) is 17.7. The first-order valence-corrected chi connectivity index (χ1v) is 9.39. The van der Waals surface area contributed by atoms with Crippen LogP contribution in [0.2, 0.25) is 0 Å². The number of sulfone groups is 1. The molecule has 1 heterocycles. The Hall–Kier alpha value is -1.66. The lowest BCUT2D eigenvalue weighted by atomic mass is 10.0. The van der Waals surface area contributed by atoms with Gasteiger partial charge >= 0.3 is 0 Å². The predicted octanol–water partition coefficient (Wildman–Crippen LogP) is 3.06. The van der Waals surface area contributed by atoms with E-state index >= 15 is 0 Å². The molecule has 0 aliphatic rings. The van der Waals surface area contributed by atoms with E-state index in [1.165, 1.54) is 6.39 Å². The molecule has 0 amide bonds. The fourth-order valence-corrected chi connectivity index (χ4v) is 4.09. The second kappa shape index (κ2) is 6.84. The van der Waals surface area contributed by atoms with Gasteiger partial charge in [0.05, 0.1) is 23.3 Å². The van der Waals surface area contributed by atoms with Crippen LogP contribution < -0.4 is 0 Å². The van der Waals surface area contributed by atoms with Crippen LogP contribution in [0.15, 0.2) is 29.0 Å². The SMILES string of the molecule is Cc1cc(C)cc(C(O)CS(=O)(=O)Cc2ncoc2C(C)C)c1. The van der Waals surface area contributed by atoms with Crippen LogP contribution in [0.1, 0.15) is 54.0 Å². The Kier molecular flexibility index (Phi) is 5.26. The number of benzene rings is 1. The molecule has 126 valence electrons. The Balaban J connectivity index is 2.15. The number of nitrogens with zero attached hydrogens (tertiary/aromatic N) is 1. The lowest BCUT2D eigenvalue weighted by molar-refractivity contribution is 0.201. The van der Waals surface area contributed by atoms with Crippen molar-refractivity contribution in [1.82, 2.24) is 4.98 Å². The van der Waals surface area contributed by atoms with Crippen LogP contribution in [0, 0.1) is 13.8 Å². The van der Waals surface area contributed by atoms with Gasteiger partial charge in [-0.1, -0.05) is 43.2 Å². The van der Waals surface area contributed by atoms with Crippen molar-refractivity contribution in [2.45, 2.75) is 45.5 Å². The second-order valence-corrected chi connectivity index (χ2v) is 8.42. The van der Waals surface area contributed by atoms with Crippen molar-refractivity contribution >= 4 is 9.84 Å². The summed E-state index contributed by atoms with van der Waals surface area (Å²) in [6, 6.07) is 5.60. The Morgan fingerprint density at radius 3 is 2.35 bits per heavy atom. The third kappa shape index (κ3) is 4.65. The zero-order valence-electron chi connectivity index (χ0n) is 13.9. The lowest BCUT2D eigenvalue weighted by Gasteiger charge is -2.13. The smallest absolute Gasteiger partial charge is 0.181 e. The minimum atomic E-state index is -3.51. The van der Waals surface area contributed by atoms with E-state index in [1.54, 1.807) is 0 Å². The van der Waals surface area contributed by atoms with Gasteiger partial charge in [0.2, 0.25) is 0 Å². The molecule has 1 atom stereocenters. The summed E-state index contributed by atoms with van der Waals surface area (Å²) in [4.78, 5) is 4.00. The molecule has 1 aromatic heterocycles. The van der Waals surface area contributed by atoms with E-state index in [0.29, 0.717) is 17.0 Å². The average Bonchev–Trinajstić information content (AvgIpc) is 2.84. The van der Waals surface area contributed by atoms with E-state index in [2.05, 4.69) is 4.98 Å². The fourth-order valence-electron chi connectivity index (χ4n) is 2.66. The molecule has 0 aliphatic carbocycles. The molecule has 6 heteroatoms. The zero-order valence-corrected chi connectivity index (χ0v) is 14.7. The normalized spacial score (nSPS) is 13.5. The van der Waals surface area contributed by atoms with Crippen molar-refractivity contribution in [2.75, 3.05) is 5.75 Å². The predicted molar refractivity (Wildman–Crippen MR) is 89.0 cm³/mol. The van der Waals surface area contributed by atoms with E-state index in [9.17, 15) is 13.5 Å². The molecule has 0 fully saturated rings.